The van der Waals surface area contributed by atoms with Crippen molar-refractivity contribution >= 4 is 23.4 Å². The van der Waals surface area contributed by atoms with Crippen molar-refractivity contribution < 1.29 is 10.0 Å². The summed E-state index contributed by atoms with van der Waals surface area (Å²) < 4.78 is 0. The molecule has 0 spiro atoms. The molecule has 0 bridgehead atoms. The van der Waals surface area contributed by atoms with Crippen LogP contribution >= 0.6 is 11.8 Å². The number of Topliss-reactive ketones (excluding diaryl/α,β-unsaturated/α-hetero) is 1. The van der Waals surface area contributed by atoms with Gasteiger partial charge in [0.05, 0.1) is 5.92 Å². The maximum Gasteiger partial charge on any atom is 0.175 e. The first kappa shape index (κ1) is 10.0. The lowest BCUT2D eigenvalue weighted by molar-refractivity contribution is 0.0956. The zero-order valence-corrected chi connectivity index (χ0v) is 8.70. The van der Waals surface area contributed by atoms with Gasteiger partial charge in [0.2, 0.25) is 0 Å². The Morgan fingerprint density at radius 1 is 1.53 bits per heavy atom. The number of oxime groups is 1. The molecule has 1 aromatic carbocycles. The number of carbonyl (C=O) groups is 1. The normalized spacial score (nSPS) is 21.2. The van der Waals surface area contributed by atoms with E-state index in [-0.39, 0.29) is 11.6 Å². The van der Waals surface area contributed by atoms with Crippen molar-refractivity contribution in [2.75, 3.05) is 5.75 Å². The Morgan fingerprint density at radius 2 is 2.27 bits per heavy atom. The first-order chi connectivity index (χ1) is 7.24. The fraction of sp³-hybridized carbons (Fsp3) is 0.200. The summed E-state index contributed by atoms with van der Waals surface area (Å²) in [5.41, 5.74) is 6.12. The number of hydrogen-bond donors (Lipinski definition) is 2. The van der Waals surface area contributed by atoms with E-state index in [1.54, 1.807) is 17.8 Å². The summed E-state index contributed by atoms with van der Waals surface area (Å²) in [5, 5.41) is 11.5. The van der Waals surface area contributed by atoms with Crippen LogP contribution in [0.3, 0.4) is 0 Å². The van der Waals surface area contributed by atoms with E-state index in [1.165, 1.54) is 0 Å². The standard InChI is InChI=1S/C10H10N2O2S/c11-10(12-14)7-5-15-8-4-2-1-3-6(8)9(7)13/h1-4,7,14H,5H2,(H2,11,12)/t7-/m0/s1. The molecule has 15 heavy (non-hydrogen) atoms. The van der Waals surface area contributed by atoms with Crippen molar-refractivity contribution in [2.45, 2.75) is 4.90 Å². The number of amidine groups is 1. The molecule has 0 unspecified atom stereocenters. The molecule has 1 atom stereocenters. The Hall–Kier alpha value is -1.49. The molecule has 0 fully saturated rings. The maximum atomic E-state index is 11.9. The molecule has 3 N–H and O–H groups in total. The second kappa shape index (κ2) is 3.94. The molecule has 5 heteroatoms. The van der Waals surface area contributed by atoms with E-state index in [2.05, 4.69) is 5.16 Å². The van der Waals surface area contributed by atoms with Crippen LogP contribution in [-0.4, -0.2) is 22.6 Å². The molecular weight excluding hydrogens is 212 g/mol. The van der Waals surface area contributed by atoms with Gasteiger partial charge in [-0.2, -0.15) is 0 Å². The predicted octanol–water partition coefficient (Wildman–Crippen LogP) is 1.34. The van der Waals surface area contributed by atoms with Crippen molar-refractivity contribution in [1.82, 2.24) is 0 Å². The van der Waals surface area contributed by atoms with Gasteiger partial charge in [0.1, 0.15) is 0 Å². The lowest BCUT2D eigenvalue weighted by Gasteiger charge is -2.21. The number of carbonyl (C=O) groups excluding carboxylic acids is 1. The van der Waals surface area contributed by atoms with E-state index >= 15 is 0 Å². The Bertz CT molecular complexity index is 431. The average Bonchev–Trinajstić information content (AvgIpc) is 2.29. The van der Waals surface area contributed by atoms with Gasteiger partial charge in [-0.3, -0.25) is 4.79 Å². The molecule has 1 heterocycles. The highest BCUT2D eigenvalue weighted by atomic mass is 32.2. The third-order valence-corrected chi connectivity index (χ3v) is 3.51. The van der Waals surface area contributed by atoms with Gasteiger partial charge in [-0.25, -0.2) is 0 Å². The van der Waals surface area contributed by atoms with Crippen LogP contribution in [0.15, 0.2) is 34.3 Å². The smallest absolute Gasteiger partial charge is 0.175 e. The number of hydrogen-bond acceptors (Lipinski definition) is 4. The predicted molar refractivity (Wildman–Crippen MR) is 58.4 cm³/mol. The minimum atomic E-state index is -0.505. The number of fused-ring (bicyclic) bond motifs is 1. The molecular formula is C10H10N2O2S. The Labute approximate surface area is 91.2 Å². The van der Waals surface area contributed by atoms with Gasteiger partial charge in [-0.15, -0.1) is 11.8 Å². The second-order valence-corrected chi connectivity index (χ2v) is 4.31. The molecule has 1 aliphatic rings. The fourth-order valence-electron chi connectivity index (χ4n) is 1.52. The molecule has 4 nitrogen and oxygen atoms in total. The molecule has 78 valence electrons. The molecule has 0 saturated heterocycles. The van der Waals surface area contributed by atoms with Gasteiger partial charge in [0, 0.05) is 16.2 Å². The third-order valence-electron chi connectivity index (χ3n) is 2.35. The highest BCUT2D eigenvalue weighted by molar-refractivity contribution is 7.99. The number of rotatable bonds is 1. The maximum absolute atomic E-state index is 11.9. The highest BCUT2D eigenvalue weighted by Crippen LogP contribution is 2.32. The van der Waals surface area contributed by atoms with Crippen LogP contribution in [0, 0.1) is 5.92 Å². The van der Waals surface area contributed by atoms with Crippen LogP contribution in [0.5, 0.6) is 0 Å². The SMILES string of the molecule is N/C(=N/O)[C@H]1CSc2ccccc2C1=O. The summed E-state index contributed by atoms with van der Waals surface area (Å²) in [6, 6.07) is 7.37. The summed E-state index contributed by atoms with van der Waals surface area (Å²) in [7, 11) is 0. The van der Waals surface area contributed by atoms with E-state index in [0.717, 1.165) is 4.90 Å². The van der Waals surface area contributed by atoms with Crippen LogP contribution < -0.4 is 5.73 Å². The lowest BCUT2D eigenvalue weighted by Crippen LogP contribution is -2.34. The first-order valence-electron chi connectivity index (χ1n) is 4.47. The number of thioether (sulfide) groups is 1. The highest BCUT2D eigenvalue weighted by Gasteiger charge is 2.30. The summed E-state index contributed by atoms with van der Waals surface area (Å²) >= 11 is 1.55. The monoisotopic (exact) mass is 222 g/mol. The number of nitrogens with two attached hydrogens (primary N) is 1. The van der Waals surface area contributed by atoms with E-state index in [4.69, 9.17) is 10.9 Å². The van der Waals surface area contributed by atoms with Crippen LogP contribution in [-0.2, 0) is 0 Å². The molecule has 0 radical (unpaired) electrons. The van der Waals surface area contributed by atoms with E-state index in [1.807, 2.05) is 18.2 Å². The molecule has 0 amide bonds. The molecule has 2 rings (SSSR count). The Kier molecular flexibility index (Phi) is 2.64. The third kappa shape index (κ3) is 1.70. The van der Waals surface area contributed by atoms with Crippen LogP contribution in [0.25, 0.3) is 0 Å². The quantitative estimate of drug-likeness (QED) is 0.325. The Morgan fingerprint density at radius 3 is 3.00 bits per heavy atom. The van der Waals surface area contributed by atoms with Crippen molar-refractivity contribution in [3.05, 3.63) is 29.8 Å². The van der Waals surface area contributed by atoms with Gasteiger partial charge < -0.3 is 10.9 Å². The number of ketones is 1. The van der Waals surface area contributed by atoms with Crippen LogP contribution in [0.2, 0.25) is 0 Å². The van der Waals surface area contributed by atoms with Crippen molar-refractivity contribution in [3.8, 4) is 0 Å². The van der Waals surface area contributed by atoms with Crippen molar-refractivity contribution in [2.24, 2.45) is 16.8 Å². The van der Waals surface area contributed by atoms with Gasteiger partial charge >= 0.3 is 0 Å². The first-order valence-corrected chi connectivity index (χ1v) is 5.46. The zero-order valence-electron chi connectivity index (χ0n) is 7.88. The van der Waals surface area contributed by atoms with Gasteiger partial charge in [0.25, 0.3) is 0 Å². The van der Waals surface area contributed by atoms with Gasteiger partial charge in [-0.1, -0.05) is 23.4 Å². The average molecular weight is 222 g/mol. The molecule has 0 aromatic heterocycles. The van der Waals surface area contributed by atoms with Crippen molar-refractivity contribution in [1.29, 1.82) is 0 Å². The Balaban J connectivity index is 2.38. The minimum absolute atomic E-state index is 0.0120. The summed E-state index contributed by atoms with van der Waals surface area (Å²) in [6.07, 6.45) is 0. The molecule has 1 aliphatic heterocycles. The van der Waals surface area contributed by atoms with E-state index in [0.29, 0.717) is 11.3 Å². The van der Waals surface area contributed by atoms with Gasteiger partial charge in [-0.05, 0) is 6.07 Å². The van der Waals surface area contributed by atoms with E-state index < -0.39 is 5.92 Å². The molecule has 0 aliphatic carbocycles. The molecule has 0 saturated carbocycles. The lowest BCUT2D eigenvalue weighted by atomic mass is 9.98. The van der Waals surface area contributed by atoms with Crippen LogP contribution in [0.1, 0.15) is 10.4 Å². The zero-order chi connectivity index (χ0) is 10.8. The summed E-state index contributed by atoms with van der Waals surface area (Å²) in [5.74, 6) is -0.0531. The van der Waals surface area contributed by atoms with Gasteiger partial charge in [0.15, 0.2) is 11.6 Å². The number of nitrogens with zero attached hydrogens (tertiary/aromatic N) is 1. The number of benzene rings is 1. The fourth-order valence-corrected chi connectivity index (χ4v) is 2.69. The summed E-state index contributed by atoms with van der Waals surface area (Å²) in [4.78, 5) is 12.9. The topological polar surface area (TPSA) is 75.7 Å². The molecule has 1 aromatic rings. The second-order valence-electron chi connectivity index (χ2n) is 3.25. The van der Waals surface area contributed by atoms with Crippen molar-refractivity contribution in [3.63, 3.8) is 0 Å². The van der Waals surface area contributed by atoms with E-state index in [9.17, 15) is 4.79 Å². The summed E-state index contributed by atoms with van der Waals surface area (Å²) in [6.45, 7) is 0. The minimum Gasteiger partial charge on any atom is -0.409 e. The largest absolute Gasteiger partial charge is 0.409 e. The van der Waals surface area contributed by atoms with Crippen LogP contribution in [0.4, 0.5) is 0 Å².